The number of hydrogen-bond donors (Lipinski definition) is 1. The summed E-state index contributed by atoms with van der Waals surface area (Å²) in [5, 5.41) is 0. The zero-order valence-corrected chi connectivity index (χ0v) is 9.16. The SMILES string of the molecule is O=S(=O)([O-])SS(=O)(=O)O.[Na+]. The van der Waals surface area contributed by atoms with Crippen molar-refractivity contribution in [2.75, 3.05) is 0 Å². The van der Waals surface area contributed by atoms with Crippen molar-refractivity contribution in [3.05, 3.63) is 0 Å². The molecular weight excluding hydrogens is 215 g/mol. The molecule has 0 aliphatic heterocycles. The van der Waals surface area contributed by atoms with Crippen LogP contribution < -0.4 is 29.6 Å². The van der Waals surface area contributed by atoms with Gasteiger partial charge in [-0.1, -0.05) is 0 Å². The van der Waals surface area contributed by atoms with Crippen molar-refractivity contribution in [2.24, 2.45) is 0 Å². The van der Waals surface area contributed by atoms with E-state index < -0.39 is 28.1 Å². The normalized spacial score (nSPS) is 12.2. The molecule has 6 nitrogen and oxygen atoms in total. The van der Waals surface area contributed by atoms with Gasteiger partial charge in [0.05, 0.1) is 0 Å². The minimum Gasteiger partial charge on any atom is -0.738 e. The molecule has 0 atom stereocenters. The Kier molecular flexibility index (Phi) is 5.85. The van der Waals surface area contributed by atoms with Crippen LogP contribution in [0.5, 0.6) is 0 Å². The Balaban J connectivity index is 0. The van der Waals surface area contributed by atoms with E-state index in [9.17, 15) is 21.4 Å². The maximum Gasteiger partial charge on any atom is 1.00 e. The van der Waals surface area contributed by atoms with Gasteiger partial charge in [-0.25, -0.2) is 8.42 Å². The van der Waals surface area contributed by atoms with E-state index in [0.717, 1.165) is 0 Å². The summed E-state index contributed by atoms with van der Waals surface area (Å²) in [5.74, 6) is 0. The third-order valence-corrected chi connectivity index (χ3v) is 4.57. The Morgan fingerprint density at radius 2 is 1.50 bits per heavy atom. The van der Waals surface area contributed by atoms with Crippen molar-refractivity contribution in [1.29, 1.82) is 0 Å². The summed E-state index contributed by atoms with van der Waals surface area (Å²) in [6.07, 6.45) is 0. The van der Waals surface area contributed by atoms with Crippen molar-refractivity contribution < 1.29 is 55.5 Å². The molecule has 0 aromatic carbocycles. The zero-order chi connectivity index (χ0) is 7.71. The Bertz CT molecular complexity index is 238. The molecule has 10 heteroatoms. The van der Waals surface area contributed by atoms with Gasteiger partial charge in [0, 0.05) is 0 Å². The van der Waals surface area contributed by atoms with E-state index >= 15 is 0 Å². The minimum absolute atomic E-state index is 0. The number of hydrogen-bond acceptors (Lipinski definition) is 6. The van der Waals surface area contributed by atoms with Crippen LogP contribution in [0.25, 0.3) is 0 Å². The second kappa shape index (κ2) is 4.26. The Labute approximate surface area is 83.0 Å². The molecule has 0 saturated heterocycles. The van der Waals surface area contributed by atoms with E-state index in [4.69, 9.17) is 4.55 Å². The van der Waals surface area contributed by atoms with Crippen LogP contribution in [0.15, 0.2) is 0 Å². The topological polar surface area (TPSA) is 112 Å². The molecule has 0 amide bonds. The first-order chi connectivity index (χ1) is 3.71. The van der Waals surface area contributed by atoms with Crippen LogP contribution in [0.3, 0.4) is 0 Å². The van der Waals surface area contributed by atoms with Gasteiger partial charge in [-0.2, -0.15) is 8.42 Å². The van der Waals surface area contributed by atoms with Gasteiger partial charge in [-0.3, -0.25) is 4.55 Å². The molecule has 0 aromatic rings. The van der Waals surface area contributed by atoms with Gasteiger partial charge in [0.15, 0.2) is 9.15 Å². The summed E-state index contributed by atoms with van der Waals surface area (Å²) in [4.78, 5) is 0. The Hall–Kier alpha value is 1.17. The van der Waals surface area contributed by atoms with Crippen LogP contribution in [0.1, 0.15) is 0 Å². The average Bonchev–Trinajstić information content (AvgIpc) is 1.14. The van der Waals surface area contributed by atoms with Crippen molar-refractivity contribution in [3.8, 4) is 0 Å². The quantitative estimate of drug-likeness (QED) is 0.284. The second-order valence-electron chi connectivity index (χ2n) is 0.904. The van der Waals surface area contributed by atoms with Crippen LogP contribution in [-0.2, 0) is 18.3 Å². The summed E-state index contributed by atoms with van der Waals surface area (Å²) in [5.41, 5.74) is 0. The average molecular weight is 216 g/mol. The summed E-state index contributed by atoms with van der Waals surface area (Å²) >= 11 is 0. The van der Waals surface area contributed by atoms with Crippen LogP contribution in [0, 0.1) is 0 Å². The monoisotopic (exact) mass is 216 g/mol. The molecule has 0 saturated carbocycles. The summed E-state index contributed by atoms with van der Waals surface area (Å²) in [7, 11) is -10.8. The van der Waals surface area contributed by atoms with E-state index in [-0.39, 0.29) is 29.6 Å². The minimum atomic E-state index is -4.95. The van der Waals surface area contributed by atoms with Gasteiger partial charge in [0.25, 0.3) is 0 Å². The maximum absolute atomic E-state index is 9.59. The van der Waals surface area contributed by atoms with E-state index in [2.05, 4.69) is 0 Å². The second-order valence-corrected chi connectivity index (χ2v) is 6.83. The molecule has 0 rings (SSSR count). The van der Waals surface area contributed by atoms with Crippen molar-refractivity contribution in [1.82, 2.24) is 0 Å². The summed E-state index contributed by atoms with van der Waals surface area (Å²) in [6, 6.07) is 0. The molecule has 0 radical (unpaired) electrons. The fourth-order valence-electron chi connectivity index (χ4n) is 0.105. The van der Waals surface area contributed by atoms with Gasteiger partial charge in [-0.15, -0.1) is 0 Å². The Morgan fingerprint density at radius 3 is 1.50 bits per heavy atom. The van der Waals surface area contributed by atoms with E-state index in [1.165, 1.54) is 0 Å². The van der Waals surface area contributed by atoms with E-state index in [1.54, 1.807) is 0 Å². The molecule has 1 N–H and O–H groups in total. The molecule has 0 aromatic heterocycles. The fraction of sp³-hybridized carbons (Fsp3) is 0. The van der Waals surface area contributed by atoms with Crippen LogP contribution >= 0.6 is 9.83 Å². The van der Waals surface area contributed by atoms with Gasteiger partial charge >= 0.3 is 38.7 Å². The van der Waals surface area contributed by atoms with Crippen molar-refractivity contribution >= 4 is 28.1 Å². The summed E-state index contributed by atoms with van der Waals surface area (Å²) in [6.45, 7) is 0. The van der Waals surface area contributed by atoms with E-state index in [0.29, 0.717) is 0 Å². The third kappa shape index (κ3) is 11.9. The first-order valence-corrected chi connectivity index (χ1v) is 6.05. The molecular formula is HNaO6S3. The van der Waals surface area contributed by atoms with Crippen molar-refractivity contribution in [2.45, 2.75) is 0 Å². The molecule has 10 heavy (non-hydrogen) atoms. The molecule has 0 aliphatic rings. The van der Waals surface area contributed by atoms with Crippen LogP contribution in [0.4, 0.5) is 0 Å². The molecule has 0 spiro atoms. The molecule has 0 heterocycles. The molecule has 0 fully saturated rings. The first-order valence-electron chi connectivity index (χ1n) is 1.35. The third-order valence-electron chi connectivity index (χ3n) is 0.169. The first kappa shape index (κ1) is 13.7. The molecule has 56 valence electrons. The predicted octanol–water partition coefficient (Wildman–Crippen LogP) is -4.01. The van der Waals surface area contributed by atoms with Gasteiger partial charge < -0.3 is 4.55 Å². The van der Waals surface area contributed by atoms with E-state index in [1.807, 2.05) is 0 Å². The maximum atomic E-state index is 9.59. The summed E-state index contributed by atoms with van der Waals surface area (Å²) < 4.78 is 55.4. The van der Waals surface area contributed by atoms with Gasteiger partial charge in [0.1, 0.15) is 9.83 Å². The molecule has 0 bridgehead atoms. The molecule has 0 unspecified atom stereocenters. The van der Waals surface area contributed by atoms with Crippen LogP contribution in [-0.4, -0.2) is 25.9 Å². The molecule has 0 aliphatic carbocycles. The Morgan fingerprint density at radius 1 is 1.20 bits per heavy atom. The van der Waals surface area contributed by atoms with Crippen LogP contribution in [0.2, 0.25) is 0 Å². The predicted molar refractivity (Wildman–Crippen MR) is 28.8 cm³/mol. The standard InChI is InChI=1S/Na.H2O6S3/c;1-8(2,3)7-9(4,5)6/h;(H,1,2,3)(H,4,5,6)/q+1;/p-1. The zero-order valence-electron chi connectivity index (χ0n) is 4.71. The van der Waals surface area contributed by atoms with Crippen molar-refractivity contribution in [3.63, 3.8) is 0 Å². The largest absolute Gasteiger partial charge is 1.00 e. The number of rotatable bonds is 2. The van der Waals surface area contributed by atoms with Gasteiger partial charge in [0.2, 0.25) is 0 Å². The van der Waals surface area contributed by atoms with Gasteiger partial charge in [-0.05, 0) is 0 Å². The fourth-order valence-corrected chi connectivity index (χ4v) is 2.84. The smallest absolute Gasteiger partial charge is 0.738 e.